The average molecular weight is 211 g/mol. The summed E-state index contributed by atoms with van der Waals surface area (Å²) in [6.45, 7) is 1.67. The number of anilines is 1. The third kappa shape index (κ3) is 2.36. The molecule has 0 radical (unpaired) electrons. The van der Waals surface area contributed by atoms with Crippen LogP contribution in [0.25, 0.3) is 0 Å². The zero-order chi connectivity index (χ0) is 9.80. The van der Waals surface area contributed by atoms with Crippen molar-refractivity contribution in [1.82, 2.24) is 9.97 Å². The molecule has 0 saturated carbocycles. The summed E-state index contributed by atoms with van der Waals surface area (Å²) in [7, 11) is 0. The predicted octanol–water partition coefficient (Wildman–Crippen LogP) is 1.33. The van der Waals surface area contributed by atoms with Crippen LogP contribution in [0.4, 0.5) is 5.82 Å². The molecule has 0 aromatic carbocycles. The molecule has 2 N–H and O–H groups in total. The first kappa shape index (κ1) is 9.73. The number of hydrogen-bond acceptors (Lipinski definition) is 5. The second kappa shape index (κ2) is 4.61. The number of aromatic nitrogens is 2. The van der Waals surface area contributed by atoms with E-state index in [0.717, 1.165) is 24.7 Å². The number of ether oxygens (including phenoxy) is 1. The fraction of sp³-hybridized carbons (Fsp3) is 0.556. The minimum absolute atomic E-state index is 0.475. The first-order valence-corrected chi connectivity index (χ1v) is 5.55. The third-order valence-corrected chi connectivity index (χ3v) is 3.33. The van der Waals surface area contributed by atoms with Gasteiger partial charge in [0.25, 0.3) is 0 Å². The van der Waals surface area contributed by atoms with Crippen molar-refractivity contribution in [2.75, 3.05) is 18.9 Å². The zero-order valence-electron chi connectivity index (χ0n) is 7.85. The van der Waals surface area contributed by atoms with E-state index < -0.39 is 0 Å². The van der Waals surface area contributed by atoms with Crippen molar-refractivity contribution >= 4 is 17.6 Å². The van der Waals surface area contributed by atoms with Crippen molar-refractivity contribution < 1.29 is 4.74 Å². The Kier molecular flexibility index (Phi) is 3.21. The highest BCUT2D eigenvalue weighted by atomic mass is 32.2. The van der Waals surface area contributed by atoms with E-state index in [9.17, 15) is 0 Å². The topological polar surface area (TPSA) is 61.0 Å². The summed E-state index contributed by atoms with van der Waals surface area (Å²) in [5, 5.41) is 1.30. The highest BCUT2D eigenvalue weighted by Crippen LogP contribution is 2.29. The van der Waals surface area contributed by atoms with Crippen molar-refractivity contribution in [1.29, 1.82) is 0 Å². The van der Waals surface area contributed by atoms with Crippen molar-refractivity contribution in [2.24, 2.45) is 0 Å². The molecule has 1 aromatic heterocycles. The zero-order valence-corrected chi connectivity index (χ0v) is 8.67. The van der Waals surface area contributed by atoms with E-state index in [1.165, 1.54) is 6.42 Å². The molecule has 4 nitrogen and oxygen atoms in total. The Labute approximate surface area is 87.3 Å². The summed E-state index contributed by atoms with van der Waals surface area (Å²) in [6.07, 6.45) is 5.57. The molecule has 1 saturated heterocycles. The molecule has 1 aliphatic rings. The Morgan fingerprint density at radius 3 is 3.00 bits per heavy atom. The lowest BCUT2D eigenvalue weighted by Crippen LogP contribution is -2.19. The average Bonchev–Trinajstić information content (AvgIpc) is 2.23. The summed E-state index contributed by atoms with van der Waals surface area (Å²) in [5.41, 5.74) is 5.70. The summed E-state index contributed by atoms with van der Waals surface area (Å²) in [4.78, 5) is 8.19. The summed E-state index contributed by atoms with van der Waals surface area (Å²) >= 11 is 1.67. The number of rotatable bonds is 2. The molecule has 1 aromatic rings. The lowest BCUT2D eigenvalue weighted by atomic mass is 10.2. The van der Waals surface area contributed by atoms with Crippen LogP contribution in [0, 0.1) is 0 Å². The van der Waals surface area contributed by atoms with E-state index in [-0.39, 0.29) is 0 Å². The predicted molar refractivity (Wildman–Crippen MR) is 56.1 cm³/mol. The van der Waals surface area contributed by atoms with E-state index in [2.05, 4.69) is 9.97 Å². The van der Waals surface area contributed by atoms with Crippen LogP contribution >= 0.6 is 11.8 Å². The summed E-state index contributed by atoms with van der Waals surface area (Å²) in [5.74, 6) is 0.517. The van der Waals surface area contributed by atoms with Crippen molar-refractivity contribution in [3.05, 3.63) is 12.4 Å². The lowest BCUT2D eigenvalue weighted by Gasteiger charge is -2.21. The van der Waals surface area contributed by atoms with Gasteiger partial charge in [-0.05, 0) is 12.8 Å². The molecule has 1 atom stereocenters. The molecule has 0 spiro atoms. The van der Waals surface area contributed by atoms with Crippen LogP contribution < -0.4 is 5.73 Å². The minimum Gasteiger partial charge on any atom is -0.381 e. The highest BCUT2D eigenvalue weighted by molar-refractivity contribution is 8.00. The van der Waals surface area contributed by atoms with Crippen molar-refractivity contribution in [3.63, 3.8) is 0 Å². The maximum Gasteiger partial charge on any atom is 0.156 e. The summed E-state index contributed by atoms with van der Waals surface area (Å²) < 4.78 is 5.38. The molecule has 0 amide bonds. The Morgan fingerprint density at radius 1 is 1.43 bits per heavy atom. The summed E-state index contributed by atoms with van der Waals surface area (Å²) in [6, 6.07) is 0. The quantitative estimate of drug-likeness (QED) is 0.799. The van der Waals surface area contributed by atoms with Crippen molar-refractivity contribution in [2.45, 2.75) is 23.1 Å². The maximum absolute atomic E-state index is 5.70. The van der Waals surface area contributed by atoms with Gasteiger partial charge in [-0.15, -0.1) is 0 Å². The van der Waals surface area contributed by atoms with Crippen molar-refractivity contribution in [3.8, 4) is 0 Å². The maximum atomic E-state index is 5.70. The first-order chi connectivity index (χ1) is 6.86. The van der Waals surface area contributed by atoms with Crippen LogP contribution in [-0.4, -0.2) is 28.4 Å². The van der Waals surface area contributed by atoms with Crippen LogP contribution in [-0.2, 0) is 4.74 Å². The number of nitrogen functional groups attached to an aromatic ring is 1. The van der Waals surface area contributed by atoms with Crippen LogP contribution in [0.15, 0.2) is 17.4 Å². The third-order valence-electron chi connectivity index (χ3n) is 2.09. The molecule has 14 heavy (non-hydrogen) atoms. The van der Waals surface area contributed by atoms with Gasteiger partial charge in [0, 0.05) is 24.3 Å². The minimum atomic E-state index is 0.475. The van der Waals surface area contributed by atoms with Gasteiger partial charge in [-0.25, -0.2) is 9.97 Å². The van der Waals surface area contributed by atoms with Gasteiger partial charge in [0.2, 0.25) is 0 Å². The highest BCUT2D eigenvalue weighted by Gasteiger charge is 2.17. The van der Waals surface area contributed by atoms with E-state index >= 15 is 0 Å². The smallest absolute Gasteiger partial charge is 0.156 e. The van der Waals surface area contributed by atoms with Gasteiger partial charge in [-0.2, -0.15) is 0 Å². The number of hydrogen-bond donors (Lipinski definition) is 1. The normalized spacial score (nSPS) is 22.1. The lowest BCUT2D eigenvalue weighted by molar-refractivity contribution is 0.101. The van der Waals surface area contributed by atoms with Crippen LogP contribution in [0.5, 0.6) is 0 Å². The van der Waals surface area contributed by atoms with Gasteiger partial charge in [0.05, 0.1) is 6.61 Å². The van der Waals surface area contributed by atoms with E-state index in [1.807, 2.05) is 0 Å². The Balaban J connectivity index is 1.99. The number of thioether (sulfide) groups is 1. The van der Waals surface area contributed by atoms with Gasteiger partial charge in [0.1, 0.15) is 5.03 Å². The monoisotopic (exact) mass is 211 g/mol. The molecular formula is C9H13N3OS. The van der Waals surface area contributed by atoms with Gasteiger partial charge in [-0.3, -0.25) is 0 Å². The van der Waals surface area contributed by atoms with E-state index in [0.29, 0.717) is 11.1 Å². The fourth-order valence-corrected chi connectivity index (χ4v) is 2.45. The molecule has 2 heterocycles. The second-order valence-corrected chi connectivity index (χ2v) is 4.49. The first-order valence-electron chi connectivity index (χ1n) is 4.67. The Bertz CT molecular complexity index is 302. The largest absolute Gasteiger partial charge is 0.381 e. The van der Waals surface area contributed by atoms with Crippen LogP contribution in [0.2, 0.25) is 0 Å². The van der Waals surface area contributed by atoms with Crippen LogP contribution in [0.3, 0.4) is 0 Å². The molecule has 0 aliphatic carbocycles. The number of nitrogens with zero attached hydrogens (tertiary/aromatic N) is 2. The van der Waals surface area contributed by atoms with E-state index in [4.69, 9.17) is 10.5 Å². The van der Waals surface area contributed by atoms with Crippen LogP contribution in [0.1, 0.15) is 12.8 Å². The molecule has 2 rings (SSSR count). The molecule has 1 fully saturated rings. The fourth-order valence-electron chi connectivity index (χ4n) is 1.39. The molecule has 1 aliphatic heterocycles. The van der Waals surface area contributed by atoms with Gasteiger partial charge in [-0.1, -0.05) is 11.8 Å². The standard InChI is InChI=1S/C9H13N3OS/c10-8-9(12-4-3-11-8)14-7-2-1-5-13-6-7/h3-4,7H,1-2,5-6H2,(H2,10,11). The molecule has 76 valence electrons. The second-order valence-electron chi connectivity index (χ2n) is 3.20. The molecule has 0 bridgehead atoms. The van der Waals surface area contributed by atoms with Gasteiger partial charge < -0.3 is 10.5 Å². The Morgan fingerprint density at radius 2 is 2.29 bits per heavy atom. The molecule has 1 unspecified atom stereocenters. The van der Waals surface area contributed by atoms with E-state index in [1.54, 1.807) is 24.2 Å². The van der Waals surface area contributed by atoms with Gasteiger partial charge >= 0.3 is 0 Å². The molecular weight excluding hydrogens is 198 g/mol. The SMILES string of the molecule is Nc1nccnc1SC1CCCOC1. The number of nitrogens with two attached hydrogens (primary N) is 1. The Hall–Kier alpha value is -0.810. The van der Waals surface area contributed by atoms with Gasteiger partial charge in [0.15, 0.2) is 5.82 Å². The molecule has 5 heteroatoms.